The molecule has 5 heteroatoms. The van der Waals surface area contributed by atoms with Crippen LogP contribution >= 0.6 is 0 Å². The standard InChI is InChI=1S/C21H39N5/c1-8-25(7)16-20-11-9-10-19(14-20)15-24-21(22-6)23-12-13-26(17(2)3)18(4)5/h9-11,14,17-18H,8,12-13,15-16H2,1-7H3,(H2,22,23,24). The normalized spacial score (nSPS) is 12.5. The van der Waals surface area contributed by atoms with Crippen LogP contribution in [-0.2, 0) is 13.1 Å². The molecule has 1 aromatic rings. The summed E-state index contributed by atoms with van der Waals surface area (Å²) >= 11 is 0. The molecule has 148 valence electrons. The molecule has 0 aliphatic heterocycles. The van der Waals surface area contributed by atoms with E-state index in [2.05, 4.69) is 91.4 Å². The summed E-state index contributed by atoms with van der Waals surface area (Å²) in [6.45, 7) is 15.9. The molecule has 0 unspecified atom stereocenters. The molecular formula is C21H39N5. The number of nitrogens with one attached hydrogen (secondary N) is 2. The van der Waals surface area contributed by atoms with Gasteiger partial charge in [-0.25, -0.2) is 0 Å². The van der Waals surface area contributed by atoms with Gasteiger partial charge in [0.2, 0.25) is 0 Å². The molecule has 0 atom stereocenters. The predicted molar refractivity (Wildman–Crippen MR) is 114 cm³/mol. The smallest absolute Gasteiger partial charge is 0.191 e. The van der Waals surface area contributed by atoms with Crippen molar-refractivity contribution in [1.29, 1.82) is 0 Å². The fourth-order valence-corrected chi connectivity index (χ4v) is 3.08. The van der Waals surface area contributed by atoms with Gasteiger partial charge in [-0.2, -0.15) is 0 Å². The SMILES string of the molecule is CCN(C)Cc1cccc(CNC(=NC)NCCN(C(C)C)C(C)C)c1. The zero-order valence-corrected chi connectivity index (χ0v) is 17.8. The molecule has 0 saturated carbocycles. The number of nitrogens with zero attached hydrogens (tertiary/aromatic N) is 3. The zero-order chi connectivity index (χ0) is 19.5. The van der Waals surface area contributed by atoms with Gasteiger partial charge in [0.25, 0.3) is 0 Å². The Bertz CT molecular complexity index is 531. The molecular weight excluding hydrogens is 322 g/mol. The van der Waals surface area contributed by atoms with Gasteiger partial charge < -0.3 is 15.5 Å². The average molecular weight is 362 g/mol. The van der Waals surface area contributed by atoms with Crippen LogP contribution in [0.3, 0.4) is 0 Å². The van der Waals surface area contributed by atoms with E-state index in [9.17, 15) is 0 Å². The molecule has 0 aromatic heterocycles. The van der Waals surface area contributed by atoms with Crippen LogP contribution in [0.25, 0.3) is 0 Å². The van der Waals surface area contributed by atoms with Crippen molar-refractivity contribution in [2.45, 2.75) is 59.8 Å². The van der Waals surface area contributed by atoms with E-state index in [0.717, 1.165) is 38.7 Å². The molecule has 26 heavy (non-hydrogen) atoms. The Morgan fingerprint density at radius 1 is 1.08 bits per heavy atom. The number of rotatable bonds is 10. The van der Waals surface area contributed by atoms with Crippen molar-refractivity contribution in [2.75, 3.05) is 33.7 Å². The summed E-state index contributed by atoms with van der Waals surface area (Å²) in [6.07, 6.45) is 0. The van der Waals surface area contributed by atoms with Crippen LogP contribution in [0.5, 0.6) is 0 Å². The van der Waals surface area contributed by atoms with Gasteiger partial charge >= 0.3 is 0 Å². The van der Waals surface area contributed by atoms with Crippen molar-refractivity contribution in [2.24, 2.45) is 4.99 Å². The van der Waals surface area contributed by atoms with E-state index in [1.165, 1.54) is 11.1 Å². The number of guanidine groups is 1. The summed E-state index contributed by atoms with van der Waals surface area (Å²) in [5.41, 5.74) is 2.63. The molecule has 1 aromatic carbocycles. The van der Waals surface area contributed by atoms with Gasteiger partial charge in [-0.3, -0.25) is 9.89 Å². The fraction of sp³-hybridized carbons (Fsp3) is 0.667. The molecule has 0 fully saturated rings. The lowest BCUT2D eigenvalue weighted by molar-refractivity contribution is 0.178. The lowest BCUT2D eigenvalue weighted by Gasteiger charge is -2.30. The first kappa shape index (κ1) is 22.5. The topological polar surface area (TPSA) is 42.9 Å². The van der Waals surface area contributed by atoms with Crippen LogP contribution in [0.4, 0.5) is 0 Å². The largest absolute Gasteiger partial charge is 0.355 e. The summed E-state index contributed by atoms with van der Waals surface area (Å²) in [5.74, 6) is 0.855. The van der Waals surface area contributed by atoms with Gasteiger partial charge in [0, 0.05) is 45.3 Å². The maximum atomic E-state index is 4.34. The van der Waals surface area contributed by atoms with Crippen LogP contribution in [0.2, 0.25) is 0 Å². The van der Waals surface area contributed by atoms with Gasteiger partial charge in [0.05, 0.1) is 0 Å². The third-order valence-corrected chi connectivity index (χ3v) is 4.66. The lowest BCUT2D eigenvalue weighted by Crippen LogP contribution is -2.45. The molecule has 0 saturated heterocycles. The summed E-state index contributed by atoms with van der Waals surface area (Å²) in [6, 6.07) is 9.86. The van der Waals surface area contributed by atoms with Gasteiger partial charge in [0.15, 0.2) is 5.96 Å². The number of hydrogen-bond donors (Lipinski definition) is 2. The Kier molecular flexibility index (Phi) is 10.3. The van der Waals surface area contributed by atoms with Gasteiger partial charge in [-0.1, -0.05) is 31.2 Å². The molecule has 0 spiro atoms. The molecule has 2 N–H and O–H groups in total. The first-order chi connectivity index (χ1) is 12.4. The average Bonchev–Trinajstić information content (AvgIpc) is 2.60. The summed E-state index contributed by atoms with van der Waals surface area (Å²) in [7, 11) is 3.97. The number of benzene rings is 1. The monoisotopic (exact) mass is 361 g/mol. The molecule has 0 heterocycles. The predicted octanol–water partition coefficient (Wildman–Crippen LogP) is 2.92. The van der Waals surface area contributed by atoms with Crippen LogP contribution in [0.15, 0.2) is 29.3 Å². The molecule has 0 bridgehead atoms. The van der Waals surface area contributed by atoms with E-state index in [0.29, 0.717) is 12.1 Å². The molecule has 0 radical (unpaired) electrons. The maximum absolute atomic E-state index is 4.34. The Balaban J connectivity index is 2.48. The fourth-order valence-electron chi connectivity index (χ4n) is 3.08. The molecule has 0 aliphatic rings. The second-order valence-electron chi connectivity index (χ2n) is 7.43. The van der Waals surface area contributed by atoms with Gasteiger partial charge in [0.1, 0.15) is 0 Å². The lowest BCUT2D eigenvalue weighted by atomic mass is 10.1. The van der Waals surface area contributed by atoms with Gasteiger partial charge in [-0.15, -0.1) is 0 Å². The highest BCUT2D eigenvalue weighted by Gasteiger charge is 2.12. The second-order valence-corrected chi connectivity index (χ2v) is 7.43. The first-order valence-electron chi connectivity index (χ1n) is 9.84. The third kappa shape index (κ3) is 8.19. The minimum atomic E-state index is 0.552. The quantitative estimate of drug-likeness (QED) is 0.497. The third-order valence-electron chi connectivity index (χ3n) is 4.66. The van der Waals surface area contributed by atoms with Crippen molar-refractivity contribution in [3.05, 3.63) is 35.4 Å². The first-order valence-corrected chi connectivity index (χ1v) is 9.84. The van der Waals surface area contributed by atoms with Crippen molar-refractivity contribution in [3.8, 4) is 0 Å². The number of aliphatic imine (C=N–C) groups is 1. The van der Waals surface area contributed by atoms with Crippen molar-refractivity contribution >= 4 is 5.96 Å². The van der Waals surface area contributed by atoms with Crippen LogP contribution in [-0.4, -0.2) is 61.6 Å². The van der Waals surface area contributed by atoms with E-state index in [4.69, 9.17) is 0 Å². The second kappa shape index (κ2) is 11.9. The zero-order valence-electron chi connectivity index (χ0n) is 17.8. The minimum Gasteiger partial charge on any atom is -0.355 e. The summed E-state index contributed by atoms with van der Waals surface area (Å²) in [4.78, 5) is 9.13. The van der Waals surface area contributed by atoms with E-state index >= 15 is 0 Å². The Morgan fingerprint density at radius 2 is 1.73 bits per heavy atom. The van der Waals surface area contributed by atoms with Crippen LogP contribution < -0.4 is 10.6 Å². The van der Waals surface area contributed by atoms with Crippen molar-refractivity contribution in [1.82, 2.24) is 20.4 Å². The Morgan fingerprint density at radius 3 is 2.31 bits per heavy atom. The summed E-state index contributed by atoms with van der Waals surface area (Å²) < 4.78 is 0. The Labute approximate surface area is 160 Å². The Hall–Kier alpha value is -1.59. The highest BCUT2D eigenvalue weighted by Crippen LogP contribution is 2.07. The molecule has 5 nitrogen and oxygen atoms in total. The van der Waals surface area contributed by atoms with E-state index in [-0.39, 0.29) is 0 Å². The van der Waals surface area contributed by atoms with Crippen molar-refractivity contribution in [3.63, 3.8) is 0 Å². The van der Waals surface area contributed by atoms with Crippen LogP contribution in [0, 0.1) is 0 Å². The highest BCUT2D eigenvalue weighted by atomic mass is 15.2. The minimum absolute atomic E-state index is 0.552. The van der Waals surface area contributed by atoms with Gasteiger partial charge in [-0.05, 0) is 52.4 Å². The molecule has 1 rings (SSSR count). The van der Waals surface area contributed by atoms with E-state index in [1.807, 2.05) is 7.05 Å². The summed E-state index contributed by atoms with van der Waals surface area (Å²) in [5, 5.41) is 6.84. The van der Waals surface area contributed by atoms with E-state index in [1.54, 1.807) is 0 Å². The molecule has 0 aliphatic carbocycles. The van der Waals surface area contributed by atoms with Crippen molar-refractivity contribution < 1.29 is 0 Å². The van der Waals surface area contributed by atoms with Crippen LogP contribution in [0.1, 0.15) is 45.7 Å². The number of hydrogen-bond acceptors (Lipinski definition) is 3. The van der Waals surface area contributed by atoms with E-state index < -0.39 is 0 Å². The highest BCUT2D eigenvalue weighted by molar-refractivity contribution is 5.79. The maximum Gasteiger partial charge on any atom is 0.191 e. The molecule has 0 amide bonds.